The highest BCUT2D eigenvalue weighted by Gasteiger charge is 2.30. The maximum atomic E-state index is 13.7. The van der Waals surface area contributed by atoms with Crippen LogP contribution in [0.15, 0.2) is 91.0 Å². The average Bonchev–Trinajstić information content (AvgIpc) is 2.74. The summed E-state index contributed by atoms with van der Waals surface area (Å²) in [6, 6.07) is 24.9. The van der Waals surface area contributed by atoms with Gasteiger partial charge in [0.25, 0.3) is 0 Å². The van der Waals surface area contributed by atoms with Crippen molar-refractivity contribution in [2.75, 3.05) is 0 Å². The van der Waals surface area contributed by atoms with E-state index in [4.69, 9.17) is 0 Å². The molecule has 0 saturated heterocycles. The SMILES string of the molecule is C[C@@]1(c2cc(F)cc(F)c2)C=C[C@H](NC(c2ccccc2)c2ccccc2)CC1. The van der Waals surface area contributed by atoms with Crippen molar-refractivity contribution < 1.29 is 8.78 Å². The molecule has 0 fully saturated rings. The molecular formula is C26H25F2N. The quantitative estimate of drug-likeness (QED) is 0.504. The van der Waals surface area contributed by atoms with Gasteiger partial charge in [-0.1, -0.05) is 79.7 Å². The molecular weight excluding hydrogens is 364 g/mol. The Morgan fingerprint density at radius 1 is 0.862 bits per heavy atom. The second-order valence-corrected chi connectivity index (χ2v) is 8.00. The third-order valence-electron chi connectivity index (χ3n) is 5.84. The molecule has 1 aliphatic rings. The van der Waals surface area contributed by atoms with Gasteiger partial charge in [0.2, 0.25) is 0 Å². The lowest BCUT2D eigenvalue weighted by molar-refractivity contribution is 0.409. The van der Waals surface area contributed by atoms with Crippen LogP contribution in [0, 0.1) is 11.6 Å². The summed E-state index contributed by atoms with van der Waals surface area (Å²) in [5.41, 5.74) is 2.75. The molecule has 0 unspecified atom stereocenters. The summed E-state index contributed by atoms with van der Waals surface area (Å²) in [5.74, 6) is -1.05. The summed E-state index contributed by atoms with van der Waals surface area (Å²) in [6.45, 7) is 2.04. The standard InChI is InChI=1S/C26H25F2N/c1-26(21-16-22(27)18-23(28)17-21)14-12-24(13-15-26)29-25(19-8-4-2-5-9-19)20-10-6-3-7-11-20/h2-12,14,16-18,24-25,29H,13,15H2,1H3/t24-,26+/m0/s1. The van der Waals surface area contributed by atoms with Crippen LogP contribution < -0.4 is 5.32 Å². The molecule has 1 nitrogen and oxygen atoms in total. The molecule has 29 heavy (non-hydrogen) atoms. The van der Waals surface area contributed by atoms with Crippen LogP contribution in [0.5, 0.6) is 0 Å². The fourth-order valence-electron chi connectivity index (χ4n) is 4.12. The molecule has 1 N–H and O–H groups in total. The molecule has 0 aliphatic heterocycles. The topological polar surface area (TPSA) is 12.0 Å². The fourth-order valence-corrected chi connectivity index (χ4v) is 4.12. The van der Waals surface area contributed by atoms with Gasteiger partial charge in [0.15, 0.2) is 0 Å². The Kier molecular flexibility index (Phi) is 5.59. The van der Waals surface area contributed by atoms with Gasteiger partial charge in [0, 0.05) is 17.5 Å². The van der Waals surface area contributed by atoms with Crippen LogP contribution in [-0.4, -0.2) is 6.04 Å². The number of rotatable bonds is 5. The zero-order chi connectivity index (χ0) is 20.3. The molecule has 0 aromatic heterocycles. The molecule has 3 aromatic rings. The van der Waals surface area contributed by atoms with Crippen LogP contribution in [-0.2, 0) is 5.41 Å². The normalized spacial score (nSPS) is 21.4. The van der Waals surface area contributed by atoms with Crippen molar-refractivity contribution in [1.82, 2.24) is 5.32 Å². The second kappa shape index (κ2) is 8.30. The monoisotopic (exact) mass is 389 g/mol. The lowest BCUT2D eigenvalue weighted by Gasteiger charge is -2.35. The van der Waals surface area contributed by atoms with E-state index in [2.05, 4.69) is 66.0 Å². The van der Waals surface area contributed by atoms with E-state index in [0.717, 1.165) is 18.9 Å². The van der Waals surface area contributed by atoms with Gasteiger partial charge in [0.05, 0.1) is 6.04 Å². The van der Waals surface area contributed by atoms with E-state index in [9.17, 15) is 8.78 Å². The van der Waals surface area contributed by atoms with Crippen molar-refractivity contribution in [2.45, 2.75) is 37.3 Å². The summed E-state index contributed by atoms with van der Waals surface area (Å²) >= 11 is 0. The van der Waals surface area contributed by atoms with Crippen LogP contribution in [0.1, 0.15) is 42.5 Å². The first-order valence-electron chi connectivity index (χ1n) is 10.1. The lowest BCUT2D eigenvalue weighted by atomic mass is 9.74. The van der Waals surface area contributed by atoms with Crippen molar-refractivity contribution in [3.63, 3.8) is 0 Å². The molecule has 0 radical (unpaired) electrons. The summed E-state index contributed by atoms with van der Waals surface area (Å²) < 4.78 is 27.4. The van der Waals surface area contributed by atoms with Crippen molar-refractivity contribution in [3.05, 3.63) is 119 Å². The maximum absolute atomic E-state index is 13.7. The predicted octanol–water partition coefficient (Wildman–Crippen LogP) is 6.32. The highest BCUT2D eigenvalue weighted by atomic mass is 19.1. The number of halogens is 2. The fraction of sp³-hybridized carbons (Fsp3) is 0.231. The zero-order valence-corrected chi connectivity index (χ0v) is 16.5. The Morgan fingerprint density at radius 2 is 1.41 bits per heavy atom. The predicted molar refractivity (Wildman–Crippen MR) is 114 cm³/mol. The minimum absolute atomic E-state index is 0.0861. The second-order valence-electron chi connectivity index (χ2n) is 8.00. The Hall–Kier alpha value is -2.78. The highest BCUT2D eigenvalue weighted by Crippen LogP contribution is 2.36. The number of hydrogen-bond acceptors (Lipinski definition) is 1. The third-order valence-corrected chi connectivity index (χ3v) is 5.84. The van der Waals surface area contributed by atoms with E-state index < -0.39 is 11.6 Å². The average molecular weight is 389 g/mol. The van der Waals surface area contributed by atoms with Crippen molar-refractivity contribution in [3.8, 4) is 0 Å². The zero-order valence-electron chi connectivity index (χ0n) is 16.5. The van der Waals surface area contributed by atoms with E-state index >= 15 is 0 Å². The first kappa shape index (κ1) is 19.5. The minimum Gasteiger partial charge on any atom is -0.300 e. The first-order valence-corrected chi connectivity index (χ1v) is 10.1. The number of nitrogens with one attached hydrogen (secondary N) is 1. The summed E-state index contributed by atoms with van der Waals surface area (Å²) in [7, 11) is 0. The van der Waals surface area contributed by atoms with Crippen molar-refractivity contribution in [2.24, 2.45) is 0 Å². The van der Waals surface area contributed by atoms with Crippen molar-refractivity contribution >= 4 is 0 Å². The minimum atomic E-state index is -0.525. The van der Waals surface area contributed by atoms with E-state index in [1.54, 1.807) is 0 Å². The Morgan fingerprint density at radius 3 is 1.90 bits per heavy atom. The first-order chi connectivity index (χ1) is 14.0. The van der Waals surface area contributed by atoms with Crippen molar-refractivity contribution in [1.29, 1.82) is 0 Å². The molecule has 4 rings (SSSR count). The molecule has 2 atom stereocenters. The Bertz CT molecular complexity index is 924. The number of allylic oxidation sites excluding steroid dienone is 1. The molecule has 0 bridgehead atoms. The molecule has 148 valence electrons. The smallest absolute Gasteiger partial charge is 0.126 e. The van der Waals surface area contributed by atoms with Gasteiger partial charge in [-0.25, -0.2) is 8.78 Å². The molecule has 0 saturated carbocycles. The third kappa shape index (κ3) is 4.46. The van der Waals surface area contributed by atoms with E-state index in [1.165, 1.54) is 23.3 Å². The lowest BCUT2D eigenvalue weighted by Crippen LogP contribution is -2.37. The summed E-state index contributed by atoms with van der Waals surface area (Å²) in [5, 5.41) is 3.77. The molecule has 1 aliphatic carbocycles. The molecule has 3 aromatic carbocycles. The van der Waals surface area contributed by atoms with Crippen LogP contribution in [0.25, 0.3) is 0 Å². The van der Waals surface area contributed by atoms with Gasteiger partial charge in [0.1, 0.15) is 11.6 Å². The van der Waals surface area contributed by atoms with Gasteiger partial charge in [-0.15, -0.1) is 0 Å². The molecule has 0 heterocycles. The largest absolute Gasteiger partial charge is 0.300 e. The van der Waals surface area contributed by atoms with E-state index in [-0.39, 0.29) is 17.5 Å². The number of hydrogen-bond donors (Lipinski definition) is 1. The Labute approximate surface area is 171 Å². The Balaban J connectivity index is 1.57. The van der Waals surface area contributed by atoms with Crippen LogP contribution in [0.4, 0.5) is 8.78 Å². The summed E-state index contributed by atoms with van der Waals surface area (Å²) in [6.07, 6.45) is 5.95. The van der Waals surface area contributed by atoms with Crippen LogP contribution in [0.3, 0.4) is 0 Å². The molecule has 3 heteroatoms. The highest BCUT2D eigenvalue weighted by molar-refractivity contribution is 5.35. The molecule has 0 spiro atoms. The van der Waals surface area contributed by atoms with Gasteiger partial charge < -0.3 is 0 Å². The summed E-state index contributed by atoms with van der Waals surface area (Å²) in [4.78, 5) is 0. The van der Waals surface area contributed by atoms with Gasteiger partial charge >= 0.3 is 0 Å². The van der Waals surface area contributed by atoms with E-state index in [0.29, 0.717) is 5.56 Å². The number of benzene rings is 3. The van der Waals surface area contributed by atoms with Crippen LogP contribution >= 0.6 is 0 Å². The van der Waals surface area contributed by atoms with Gasteiger partial charge in [-0.3, -0.25) is 5.32 Å². The van der Waals surface area contributed by atoms with Gasteiger partial charge in [-0.2, -0.15) is 0 Å². The van der Waals surface area contributed by atoms with Crippen LogP contribution in [0.2, 0.25) is 0 Å². The van der Waals surface area contributed by atoms with E-state index in [1.807, 2.05) is 19.1 Å². The van der Waals surface area contributed by atoms with Gasteiger partial charge in [-0.05, 0) is 41.7 Å². The maximum Gasteiger partial charge on any atom is 0.126 e. The molecule has 0 amide bonds.